The molecule has 3 rings (SSSR count). The van der Waals surface area contributed by atoms with Crippen LogP contribution in [0.4, 0.5) is 4.39 Å². The van der Waals surface area contributed by atoms with Crippen molar-refractivity contribution in [3.05, 3.63) is 58.2 Å². The molecule has 1 aromatic carbocycles. The van der Waals surface area contributed by atoms with Gasteiger partial charge in [-0.15, -0.1) is 22.7 Å². The first-order valence-corrected chi connectivity index (χ1v) is 8.42. The molecule has 0 N–H and O–H groups in total. The molecule has 118 valence electrons. The van der Waals surface area contributed by atoms with E-state index in [4.69, 9.17) is 9.47 Å². The lowest BCUT2D eigenvalue weighted by atomic mass is 10.2. The predicted molar refractivity (Wildman–Crippen MR) is 87.5 cm³/mol. The van der Waals surface area contributed by atoms with Gasteiger partial charge in [-0.1, -0.05) is 12.1 Å². The lowest BCUT2D eigenvalue weighted by Gasteiger charge is -2.06. The highest BCUT2D eigenvalue weighted by Gasteiger charge is 2.14. The first-order chi connectivity index (χ1) is 11.2. The average Bonchev–Trinajstić information content (AvgIpc) is 3.23. The maximum absolute atomic E-state index is 13.6. The Morgan fingerprint density at radius 2 is 2.17 bits per heavy atom. The van der Waals surface area contributed by atoms with Crippen LogP contribution in [-0.4, -0.2) is 18.1 Å². The van der Waals surface area contributed by atoms with Gasteiger partial charge in [0.15, 0.2) is 17.3 Å². The van der Waals surface area contributed by atoms with Crippen molar-refractivity contribution < 1.29 is 18.7 Å². The first kappa shape index (κ1) is 15.6. The number of carbonyl (C=O) groups excluding carboxylic acids is 1. The van der Waals surface area contributed by atoms with E-state index in [2.05, 4.69) is 4.98 Å². The second kappa shape index (κ2) is 6.89. The van der Waals surface area contributed by atoms with Crippen LogP contribution in [0.3, 0.4) is 0 Å². The third kappa shape index (κ3) is 3.57. The van der Waals surface area contributed by atoms with Crippen molar-refractivity contribution in [2.75, 3.05) is 7.11 Å². The third-order valence-electron chi connectivity index (χ3n) is 3.03. The summed E-state index contributed by atoms with van der Waals surface area (Å²) in [6.45, 7) is -0.0222. The molecule has 0 saturated carbocycles. The van der Waals surface area contributed by atoms with Gasteiger partial charge in [0.05, 0.1) is 12.0 Å². The molecule has 0 aliphatic rings. The molecular weight excluding hydrogens is 337 g/mol. The lowest BCUT2D eigenvalue weighted by Crippen LogP contribution is -2.06. The zero-order valence-electron chi connectivity index (χ0n) is 12.1. The molecule has 0 spiro atoms. The van der Waals surface area contributed by atoms with Crippen LogP contribution in [0.15, 0.2) is 41.1 Å². The minimum atomic E-state index is -0.528. The van der Waals surface area contributed by atoms with E-state index in [0.29, 0.717) is 5.56 Å². The number of thiazole rings is 1. The first-order valence-electron chi connectivity index (χ1n) is 6.66. The molecule has 0 aliphatic heterocycles. The topological polar surface area (TPSA) is 48.4 Å². The number of aromatic nitrogens is 1. The Bertz CT molecular complexity index is 815. The van der Waals surface area contributed by atoms with Crippen LogP contribution < -0.4 is 4.74 Å². The highest BCUT2D eigenvalue weighted by Crippen LogP contribution is 2.28. The Labute approximate surface area is 140 Å². The fourth-order valence-corrected chi connectivity index (χ4v) is 3.51. The standard InChI is InChI=1S/C16H12FNO3S2/c1-20-13-5-4-10(7-11(13)17)8-21-16(19)12-9-23-15(18-12)14-3-2-6-22-14/h2-7,9H,8H2,1H3. The van der Waals surface area contributed by atoms with Crippen LogP contribution in [-0.2, 0) is 11.3 Å². The van der Waals surface area contributed by atoms with Gasteiger partial charge in [0, 0.05) is 5.38 Å². The molecule has 0 unspecified atom stereocenters. The molecule has 2 aromatic heterocycles. The summed E-state index contributed by atoms with van der Waals surface area (Å²) in [5.74, 6) is -0.866. The highest BCUT2D eigenvalue weighted by atomic mass is 32.1. The van der Waals surface area contributed by atoms with Gasteiger partial charge in [0.1, 0.15) is 11.6 Å². The molecular formula is C16H12FNO3S2. The van der Waals surface area contributed by atoms with E-state index < -0.39 is 11.8 Å². The Morgan fingerprint density at radius 3 is 2.87 bits per heavy atom. The van der Waals surface area contributed by atoms with Gasteiger partial charge < -0.3 is 9.47 Å². The number of methoxy groups -OCH3 is 1. The number of halogens is 1. The van der Waals surface area contributed by atoms with E-state index >= 15 is 0 Å². The quantitative estimate of drug-likeness (QED) is 0.642. The fraction of sp³-hybridized carbons (Fsp3) is 0.125. The van der Waals surface area contributed by atoms with Crippen molar-refractivity contribution in [1.29, 1.82) is 0 Å². The molecule has 0 saturated heterocycles. The van der Waals surface area contributed by atoms with Crippen LogP contribution in [0.5, 0.6) is 5.75 Å². The minimum Gasteiger partial charge on any atom is -0.494 e. The number of nitrogens with zero attached hydrogens (tertiary/aromatic N) is 1. The molecule has 0 bridgehead atoms. The molecule has 0 amide bonds. The molecule has 0 aliphatic carbocycles. The summed E-state index contributed by atoms with van der Waals surface area (Å²) in [7, 11) is 1.39. The summed E-state index contributed by atoms with van der Waals surface area (Å²) in [6, 6.07) is 8.30. The molecule has 3 aromatic rings. The van der Waals surface area contributed by atoms with Crippen molar-refractivity contribution in [2.45, 2.75) is 6.61 Å². The van der Waals surface area contributed by atoms with Gasteiger partial charge in [0.25, 0.3) is 0 Å². The minimum absolute atomic E-state index is 0.0222. The van der Waals surface area contributed by atoms with E-state index in [-0.39, 0.29) is 18.1 Å². The van der Waals surface area contributed by atoms with E-state index in [9.17, 15) is 9.18 Å². The van der Waals surface area contributed by atoms with E-state index in [0.717, 1.165) is 9.88 Å². The van der Waals surface area contributed by atoms with Gasteiger partial charge in [-0.2, -0.15) is 0 Å². The largest absolute Gasteiger partial charge is 0.494 e. The van der Waals surface area contributed by atoms with Gasteiger partial charge in [0.2, 0.25) is 0 Å². The van der Waals surface area contributed by atoms with Crippen molar-refractivity contribution in [3.8, 4) is 15.6 Å². The molecule has 0 atom stereocenters. The molecule has 7 heteroatoms. The van der Waals surface area contributed by atoms with Gasteiger partial charge in [-0.05, 0) is 29.1 Å². The molecule has 0 radical (unpaired) electrons. The van der Waals surface area contributed by atoms with E-state index in [1.165, 1.54) is 30.6 Å². The van der Waals surface area contributed by atoms with E-state index in [1.54, 1.807) is 22.8 Å². The molecule has 4 nitrogen and oxygen atoms in total. The Morgan fingerprint density at radius 1 is 1.30 bits per heavy atom. The lowest BCUT2D eigenvalue weighted by molar-refractivity contribution is 0.0466. The fourth-order valence-electron chi connectivity index (χ4n) is 1.90. The maximum atomic E-state index is 13.6. The summed E-state index contributed by atoms with van der Waals surface area (Å²) < 4.78 is 23.6. The number of carbonyl (C=O) groups is 1. The number of esters is 1. The summed E-state index contributed by atoms with van der Waals surface area (Å²) in [5, 5.41) is 4.39. The number of benzene rings is 1. The second-order valence-electron chi connectivity index (χ2n) is 4.56. The zero-order chi connectivity index (χ0) is 16.2. The molecule has 0 fully saturated rings. The molecule has 23 heavy (non-hydrogen) atoms. The van der Waals surface area contributed by atoms with Crippen molar-refractivity contribution in [2.24, 2.45) is 0 Å². The highest BCUT2D eigenvalue weighted by molar-refractivity contribution is 7.20. The monoisotopic (exact) mass is 349 g/mol. The van der Waals surface area contributed by atoms with Crippen molar-refractivity contribution in [1.82, 2.24) is 4.98 Å². The Hall–Kier alpha value is -2.25. The summed E-state index contributed by atoms with van der Waals surface area (Å²) in [6.07, 6.45) is 0. The van der Waals surface area contributed by atoms with Gasteiger partial charge >= 0.3 is 5.97 Å². The number of rotatable bonds is 5. The van der Waals surface area contributed by atoms with Crippen LogP contribution >= 0.6 is 22.7 Å². The smallest absolute Gasteiger partial charge is 0.358 e. The summed E-state index contributed by atoms with van der Waals surface area (Å²) >= 11 is 2.95. The number of hydrogen-bond acceptors (Lipinski definition) is 6. The predicted octanol–water partition coefficient (Wildman–Crippen LogP) is 4.38. The summed E-state index contributed by atoms with van der Waals surface area (Å²) in [5.41, 5.74) is 0.803. The Balaban J connectivity index is 1.64. The van der Waals surface area contributed by atoms with Crippen molar-refractivity contribution >= 4 is 28.6 Å². The van der Waals surface area contributed by atoms with Crippen molar-refractivity contribution in [3.63, 3.8) is 0 Å². The van der Waals surface area contributed by atoms with Crippen LogP contribution in [0, 0.1) is 5.82 Å². The van der Waals surface area contributed by atoms with Crippen LogP contribution in [0.25, 0.3) is 9.88 Å². The van der Waals surface area contributed by atoms with Crippen LogP contribution in [0.1, 0.15) is 16.1 Å². The third-order valence-corrected chi connectivity index (χ3v) is 4.91. The van der Waals surface area contributed by atoms with E-state index in [1.807, 2.05) is 17.5 Å². The average molecular weight is 349 g/mol. The maximum Gasteiger partial charge on any atom is 0.358 e. The zero-order valence-corrected chi connectivity index (χ0v) is 13.7. The number of hydrogen-bond donors (Lipinski definition) is 0. The summed E-state index contributed by atoms with van der Waals surface area (Å²) in [4.78, 5) is 17.3. The Kier molecular flexibility index (Phi) is 4.68. The van der Waals surface area contributed by atoms with Crippen LogP contribution in [0.2, 0.25) is 0 Å². The van der Waals surface area contributed by atoms with Gasteiger partial charge in [-0.3, -0.25) is 0 Å². The second-order valence-corrected chi connectivity index (χ2v) is 6.37. The normalized spacial score (nSPS) is 10.5. The van der Waals surface area contributed by atoms with Gasteiger partial charge in [-0.25, -0.2) is 14.2 Å². The number of ether oxygens (including phenoxy) is 2. The molecule has 2 heterocycles. The number of thiophene rings is 1. The SMILES string of the molecule is COc1ccc(COC(=O)c2csc(-c3cccs3)n2)cc1F.